The van der Waals surface area contributed by atoms with Crippen LogP contribution in [0.2, 0.25) is 0 Å². The van der Waals surface area contributed by atoms with Crippen LogP contribution >= 0.6 is 24.0 Å². The summed E-state index contributed by atoms with van der Waals surface area (Å²) in [6.45, 7) is 7.58. The molecule has 1 aromatic carbocycles. The molecule has 1 saturated heterocycles. The third-order valence-corrected chi connectivity index (χ3v) is 4.51. The van der Waals surface area contributed by atoms with Gasteiger partial charge in [-0.15, -0.1) is 24.0 Å². The molecule has 0 aliphatic carbocycles. The Bertz CT molecular complexity index is 725. The first kappa shape index (κ1) is 26.4. The van der Waals surface area contributed by atoms with Crippen molar-refractivity contribution in [2.45, 2.75) is 58.4 Å². The van der Waals surface area contributed by atoms with Gasteiger partial charge >= 0.3 is 6.09 Å². The number of halogens is 2. The molecule has 0 radical (unpaired) electrons. The predicted molar refractivity (Wildman–Crippen MR) is 127 cm³/mol. The van der Waals surface area contributed by atoms with Crippen LogP contribution in [0.4, 0.5) is 9.18 Å². The number of nitrogens with zero attached hydrogens (tertiary/aromatic N) is 2. The quantitative estimate of drug-likeness (QED) is 0.342. The van der Waals surface area contributed by atoms with Crippen molar-refractivity contribution >= 4 is 36.0 Å². The lowest BCUT2D eigenvalue weighted by molar-refractivity contribution is 0.0193. The van der Waals surface area contributed by atoms with E-state index in [2.05, 4.69) is 15.6 Å². The maximum atomic E-state index is 13.8. The minimum absolute atomic E-state index is 0. The Morgan fingerprint density at radius 2 is 2.10 bits per heavy atom. The second-order valence-corrected chi connectivity index (χ2v) is 8.19. The van der Waals surface area contributed by atoms with Crippen molar-refractivity contribution < 1.29 is 18.7 Å². The Kier molecular flexibility index (Phi) is 10.8. The lowest BCUT2D eigenvalue weighted by atomic mass is 10.1. The smallest absolute Gasteiger partial charge is 0.410 e. The van der Waals surface area contributed by atoms with E-state index in [1.165, 1.54) is 6.07 Å². The number of amides is 1. The van der Waals surface area contributed by atoms with Crippen molar-refractivity contribution in [3.05, 3.63) is 35.1 Å². The zero-order valence-electron chi connectivity index (χ0n) is 18.5. The summed E-state index contributed by atoms with van der Waals surface area (Å²) < 4.78 is 24.3. The molecule has 2 rings (SSSR count). The summed E-state index contributed by atoms with van der Waals surface area (Å²) >= 11 is 0. The van der Waals surface area contributed by atoms with Crippen LogP contribution in [0.1, 0.15) is 44.7 Å². The highest BCUT2D eigenvalue weighted by atomic mass is 127. The van der Waals surface area contributed by atoms with E-state index in [1.54, 1.807) is 31.2 Å². The number of hydrogen-bond acceptors (Lipinski definition) is 4. The van der Waals surface area contributed by atoms with Crippen molar-refractivity contribution in [2.75, 3.05) is 27.2 Å². The molecule has 30 heavy (non-hydrogen) atoms. The maximum Gasteiger partial charge on any atom is 0.410 e. The van der Waals surface area contributed by atoms with Crippen LogP contribution in [0.3, 0.4) is 0 Å². The number of likely N-dealkylation sites (tertiary alicyclic amines) is 1. The average molecular weight is 536 g/mol. The van der Waals surface area contributed by atoms with Gasteiger partial charge in [-0.2, -0.15) is 0 Å². The Labute approximate surface area is 195 Å². The van der Waals surface area contributed by atoms with Crippen LogP contribution in [0.25, 0.3) is 0 Å². The summed E-state index contributed by atoms with van der Waals surface area (Å²) in [6, 6.07) is 5.05. The van der Waals surface area contributed by atoms with E-state index in [4.69, 9.17) is 9.47 Å². The molecule has 7 nitrogen and oxygen atoms in total. The molecule has 0 saturated carbocycles. The van der Waals surface area contributed by atoms with Gasteiger partial charge in [0.25, 0.3) is 0 Å². The van der Waals surface area contributed by atoms with Gasteiger partial charge in [0.05, 0.1) is 6.61 Å². The Balaban J connectivity index is 0.00000450. The van der Waals surface area contributed by atoms with Gasteiger partial charge in [0.15, 0.2) is 5.96 Å². The monoisotopic (exact) mass is 536 g/mol. The van der Waals surface area contributed by atoms with Crippen molar-refractivity contribution in [1.29, 1.82) is 0 Å². The van der Waals surface area contributed by atoms with Crippen LogP contribution in [-0.2, 0) is 22.6 Å². The zero-order chi connectivity index (χ0) is 21.4. The number of piperidine rings is 1. The lowest BCUT2D eigenvalue weighted by Gasteiger charge is -2.35. The summed E-state index contributed by atoms with van der Waals surface area (Å²) in [5.41, 5.74) is 0.946. The molecule has 1 aromatic rings. The van der Waals surface area contributed by atoms with Crippen LogP contribution in [0.15, 0.2) is 23.2 Å². The van der Waals surface area contributed by atoms with Crippen LogP contribution in [-0.4, -0.2) is 55.8 Å². The van der Waals surface area contributed by atoms with Gasteiger partial charge in [0.2, 0.25) is 0 Å². The number of guanidine groups is 1. The van der Waals surface area contributed by atoms with E-state index in [1.807, 2.05) is 20.8 Å². The number of carbonyl (C=O) groups is 1. The molecular formula is C21H34FIN4O3. The van der Waals surface area contributed by atoms with Gasteiger partial charge < -0.3 is 25.0 Å². The highest BCUT2D eigenvalue weighted by Gasteiger charge is 2.28. The van der Waals surface area contributed by atoms with E-state index in [-0.39, 0.29) is 48.5 Å². The van der Waals surface area contributed by atoms with E-state index in [9.17, 15) is 9.18 Å². The van der Waals surface area contributed by atoms with Gasteiger partial charge in [0, 0.05) is 45.4 Å². The molecule has 1 atom stereocenters. The minimum Gasteiger partial charge on any atom is -0.444 e. The van der Waals surface area contributed by atoms with Crippen LogP contribution in [0.5, 0.6) is 0 Å². The number of ether oxygens (including phenoxy) is 2. The molecule has 170 valence electrons. The fourth-order valence-corrected chi connectivity index (χ4v) is 3.17. The lowest BCUT2D eigenvalue weighted by Crippen LogP contribution is -2.53. The van der Waals surface area contributed by atoms with Gasteiger partial charge in [0.1, 0.15) is 11.4 Å². The second kappa shape index (κ2) is 12.3. The molecule has 1 amide bonds. The Morgan fingerprint density at radius 1 is 1.37 bits per heavy atom. The third kappa shape index (κ3) is 8.63. The first-order valence-corrected chi connectivity index (χ1v) is 9.93. The molecule has 0 bridgehead atoms. The summed E-state index contributed by atoms with van der Waals surface area (Å²) in [5, 5.41) is 6.61. The van der Waals surface area contributed by atoms with Crippen molar-refractivity contribution in [1.82, 2.24) is 15.5 Å². The van der Waals surface area contributed by atoms with E-state index < -0.39 is 5.60 Å². The number of benzene rings is 1. The number of nitrogens with one attached hydrogen (secondary N) is 2. The summed E-state index contributed by atoms with van der Waals surface area (Å²) in [4.78, 5) is 18.3. The molecule has 0 aromatic heterocycles. The zero-order valence-corrected chi connectivity index (χ0v) is 20.8. The maximum absolute atomic E-state index is 13.8. The molecule has 1 fully saturated rings. The van der Waals surface area contributed by atoms with Gasteiger partial charge in [-0.3, -0.25) is 4.99 Å². The first-order valence-electron chi connectivity index (χ1n) is 9.93. The largest absolute Gasteiger partial charge is 0.444 e. The molecule has 1 aliphatic rings. The standard InChI is InChI=1S/C21H33FN4O3.HI/c1-21(2,3)29-20(27)26-10-6-7-17(13-26)25-19(23-4)24-12-15-8-9-18(22)16(11-15)14-28-5;/h8-9,11,17H,6-7,10,12-14H2,1-5H3,(H2,23,24,25);1H. The number of methoxy groups -OCH3 is 1. The van der Waals surface area contributed by atoms with Gasteiger partial charge in [-0.25, -0.2) is 9.18 Å². The summed E-state index contributed by atoms with van der Waals surface area (Å²) in [6.07, 6.45) is 1.55. The summed E-state index contributed by atoms with van der Waals surface area (Å²) in [5.74, 6) is 0.362. The summed E-state index contributed by atoms with van der Waals surface area (Å²) in [7, 11) is 3.24. The third-order valence-electron chi connectivity index (χ3n) is 4.51. The van der Waals surface area contributed by atoms with Crippen LogP contribution in [0, 0.1) is 5.82 Å². The highest BCUT2D eigenvalue weighted by molar-refractivity contribution is 14.0. The molecule has 9 heteroatoms. The fraction of sp³-hybridized carbons (Fsp3) is 0.619. The Hall–Kier alpha value is -1.62. The topological polar surface area (TPSA) is 75.2 Å². The number of carbonyl (C=O) groups excluding carboxylic acids is 1. The van der Waals surface area contributed by atoms with Gasteiger partial charge in [-0.1, -0.05) is 6.07 Å². The highest BCUT2D eigenvalue weighted by Crippen LogP contribution is 2.16. The van der Waals surface area contributed by atoms with E-state index >= 15 is 0 Å². The first-order chi connectivity index (χ1) is 13.7. The second-order valence-electron chi connectivity index (χ2n) is 8.19. The normalized spacial score (nSPS) is 17.2. The number of aliphatic imine (C=N–C) groups is 1. The van der Waals surface area contributed by atoms with Crippen molar-refractivity contribution in [2.24, 2.45) is 4.99 Å². The van der Waals surface area contributed by atoms with Crippen molar-refractivity contribution in [3.63, 3.8) is 0 Å². The fourth-order valence-electron chi connectivity index (χ4n) is 3.17. The number of hydrogen-bond donors (Lipinski definition) is 2. The van der Waals surface area contributed by atoms with E-state index in [0.717, 1.165) is 18.4 Å². The van der Waals surface area contributed by atoms with Gasteiger partial charge in [-0.05, 0) is 51.3 Å². The molecule has 1 aliphatic heterocycles. The Morgan fingerprint density at radius 3 is 2.73 bits per heavy atom. The number of rotatable bonds is 5. The average Bonchev–Trinajstić information content (AvgIpc) is 2.66. The SMILES string of the molecule is CN=C(NCc1ccc(F)c(COC)c1)NC1CCCN(C(=O)OC(C)(C)C)C1.I. The predicted octanol–water partition coefficient (Wildman–Crippen LogP) is 3.65. The van der Waals surface area contributed by atoms with Crippen molar-refractivity contribution in [3.8, 4) is 0 Å². The molecule has 0 spiro atoms. The minimum atomic E-state index is -0.508. The van der Waals surface area contributed by atoms with Crippen LogP contribution < -0.4 is 10.6 Å². The van der Waals surface area contributed by atoms with E-state index in [0.29, 0.717) is 31.2 Å². The molecular weight excluding hydrogens is 502 g/mol. The molecule has 1 heterocycles. The molecule has 1 unspecified atom stereocenters. The molecule has 2 N–H and O–H groups in total.